The second-order valence-electron chi connectivity index (χ2n) is 9.05. The molecule has 6 heteroatoms. The van der Waals surface area contributed by atoms with E-state index >= 15 is 0 Å². The van der Waals surface area contributed by atoms with Crippen LogP contribution in [0.3, 0.4) is 0 Å². The average Bonchev–Trinajstić information content (AvgIpc) is 3.15. The van der Waals surface area contributed by atoms with Crippen LogP contribution in [-0.4, -0.2) is 47.3 Å². The first-order valence-corrected chi connectivity index (χ1v) is 11.1. The molecular weight excluding hydrogens is 367 g/mol. The molecule has 1 aromatic heterocycles. The molecular formula is C23H33FN4O. The number of piperidine rings is 2. The van der Waals surface area contributed by atoms with Crippen molar-refractivity contribution in [2.45, 2.75) is 58.9 Å². The number of rotatable bonds is 5. The van der Waals surface area contributed by atoms with Crippen LogP contribution in [0, 0.1) is 24.6 Å². The van der Waals surface area contributed by atoms with Gasteiger partial charge in [-0.2, -0.15) is 4.98 Å². The van der Waals surface area contributed by atoms with Crippen LogP contribution in [0.1, 0.15) is 51.8 Å². The molecule has 0 unspecified atom stereocenters. The molecule has 0 amide bonds. The van der Waals surface area contributed by atoms with E-state index in [-0.39, 0.29) is 5.82 Å². The Bertz CT molecular complexity index is 805. The van der Waals surface area contributed by atoms with Crippen molar-refractivity contribution in [3.05, 3.63) is 29.8 Å². The molecule has 158 valence electrons. The molecule has 2 aromatic rings. The Morgan fingerprint density at radius 2 is 1.72 bits per heavy atom. The molecule has 0 radical (unpaired) electrons. The predicted octanol–water partition coefficient (Wildman–Crippen LogP) is 4.91. The fraction of sp³-hybridized carbons (Fsp3) is 0.652. The quantitative estimate of drug-likeness (QED) is 0.713. The van der Waals surface area contributed by atoms with Gasteiger partial charge in [-0.05, 0) is 96.0 Å². The molecule has 0 N–H and O–H groups in total. The second-order valence-corrected chi connectivity index (χ2v) is 9.05. The van der Waals surface area contributed by atoms with Gasteiger partial charge in [0.15, 0.2) is 5.82 Å². The Labute approximate surface area is 173 Å². The topological polar surface area (TPSA) is 45.4 Å². The third kappa shape index (κ3) is 4.80. The van der Waals surface area contributed by atoms with Crippen molar-refractivity contribution in [2.75, 3.05) is 31.1 Å². The number of anilines is 1. The van der Waals surface area contributed by atoms with Crippen molar-refractivity contribution in [3.8, 4) is 11.5 Å². The minimum absolute atomic E-state index is 0.210. The zero-order valence-corrected chi connectivity index (χ0v) is 17.9. The lowest BCUT2D eigenvalue weighted by Gasteiger charge is -2.38. The summed E-state index contributed by atoms with van der Waals surface area (Å²) in [5.41, 5.74) is 1.32. The van der Waals surface area contributed by atoms with Crippen molar-refractivity contribution in [2.24, 2.45) is 11.8 Å². The van der Waals surface area contributed by atoms with Gasteiger partial charge in [-0.25, -0.2) is 4.39 Å². The summed E-state index contributed by atoms with van der Waals surface area (Å²) in [6.07, 6.45) is 6.34. The van der Waals surface area contributed by atoms with Gasteiger partial charge < -0.3 is 14.3 Å². The number of aromatic nitrogens is 2. The van der Waals surface area contributed by atoms with Crippen LogP contribution in [0.15, 0.2) is 22.7 Å². The lowest BCUT2D eigenvalue weighted by molar-refractivity contribution is 0.133. The van der Waals surface area contributed by atoms with Gasteiger partial charge in [0.1, 0.15) is 5.82 Å². The Morgan fingerprint density at radius 1 is 1.07 bits per heavy atom. The van der Waals surface area contributed by atoms with Gasteiger partial charge in [-0.3, -0.25) is 0 Å². The summed E-state index contributed by atoms with van der Waals surface area (Å²) in [5, 5.41) is 3.78. The van der Waals surface area contributed by atoms with Crippen molar-refractivity contribution >= 4 is 5.69 Å². The van der Waals surface area contributed by atoms with E-state index in [1.807, 2.05) is 12.1 Å². The largest absolute Gasteiger partial charge is 0.369 e. The van der Waals surface area contributed by atoms with Gasteiger partial charge in [0.2, 0.25) is 0 Å². The molecule has 29 heavy (non-hydrogen) atoms. The highest BCUT2D eigenvalue weighted by molar-refractivity contribution is 5.60. The third-order valence-corrected chi connectivity index (χ3v) is 6.72. The summed E-state index contributed by atoms with van der Waals surface area (Å²) in [6.45, 7) is 10.7. The van der Waals surface area contributed by atoms with E-state index in [9.17, 15) is 4.39 Å². The van der Waals surface area contributed by atoms with Gasteiger partial charge in [0.05, 0.1) is 5.69 Å². The number of aryl methyl sites for hydroxylation is 1. The highest BCUT2D eigenvalue weighted by Crippen LogP contribution is 2.33. The Hall–Kier alpha value is -1.95. The van der Waals surface area contributed by atoms with Crippen molar-refractivity contribution < 1.29 is 8.91 Å². The van der Waals surface area contributed by atoms with Gasteiger partial charge in [0.25, 0.3) is 5.89 Å². The van der Waals surface area contributed by atoms with Crippen LogP contribution in [0.5, 0.6) is 0 Å². The van der Waals surface area contributed by atoms with Gasteiger partial charge >= 0.3 is 0 Å². The highest BCUT2D eigenvalue weighted by Gasteiger charge is 2.27. The lowest BCUT2D eigenvalue weighted by Crippen LogP contribution is -2.40. The molecule has 4 rings (SSSR count). The number of hydrogen-bond donors (Lipinski definition) is 0. The van der Waals surface area contributed by atoms with E-state index in [1.54, 1.807) is 6.92 Å². The molecule has 0 atom stereocenters. The van der Waals surface area contributed by atoms with Gasteiger partial charge in [-0.15, -0.1) is 0 Å². The van der Waals surface area contributed by atoms with E-state index in [0.717, 1.165) is 37.8 Å². The minimum Gasteiger partial charge on any atom is -0.369 e. The number of likely N-dealkylation sites (tertiary alicyclic amines) is 1. The number of nitrogens with zero attached hydrogens (tertiary/aromatic N) is 4. The van der Waals surface area contributed by atoms with Crippen molar-refractivity contribution in [1.29, 1.82) is 0 Å². The van der Waals surface area contributed by atoms with Crippen LogP contribution in [-0.2, 0) is 0 Å². The first-order chi connectivity index (χ1) is 14.0. The molecule has 2 aliphatic rings. The smallest absolute Gasteiger partial charge is 0.258 e. The monoisotopic (exact) mass is 400 g/mol. The second kappa shape index (κ2) is 8.82. The molecule has 0 aliphatic carbocycles. The number of halogens is 1. The van der Waals surface area contributed by atoms with Crippen LogP contribution >= 0.6 is 0 Å². The highest BCUT2D eigenvalue weighted by atomic mass is 19.1. The molecule has 1 aromatic carbocycles. The van der Waals surface area contributed by atoms with Gasteiger partial charge in [0, 0.05) is 24.7 Å². The van der Waals surface area contributed by atoms with Crippen LogP contribution < -0.4 is 4.90 Å². The maximum atomic E-state index is 14.8. The maximum absolute atomic E-state index is 14.8. The summed E-state index contributed by atoms with van der Waals surface area (Å²) < 4.78 is 19.9. The maximum Gasteiger partial charge on any atom is 0.258 e. The molecule has 0 saturated carbocycles. The summed E-state index contributed by atoms with van der Waals surface area (Å²) in [5.74, 6) is 2.37. The average molecular weight is 401 g/mol. The van der Waals surface area contributed by atoms with Crippen molar-refractivity contribution in [1.82, 2.24) is 15.0 Å². The Balaban J connectivity index is 1.29. The molecule has 2 fully saturated rings. The zero-order chi connectivity index (χ0) is 20.4. The SMILES string of the molecule is Cc1noc(-c2ccc(N3CCC(CC4CCN(C(C)C)CC4)CC3)c(F)c2)n1. The summed E-state index contributed by atoms with van der Waals surface area (Å²) in [4.78, 5) is 8.97. The Morgan fingerprint density at radius 3 is 2.28 bits per heavy atom. The number of benzene rings is 1. The van der Waals surface area contributed by atoms with Crippen LogP contribution in [0.25, 0.3) is 11.5 Å². The standard InChI is InChI=1S/C23H33FN4O/c1-16(2)27-10-6-18(7-11-27)14-19-8-12-28(13-9-19)22-5-4-20(15-21(22)24)23-25-17(3)26-29-23/h4-5,15-16,18-19H,6-14H2,1-3H3. The molecule has 0 bridgehead atoms. The normalized spacial score (nSPS) is 20.0. The fourth-order valence-corrected chi connectivity index (χ4v) is 4.90. The number of hydrogen-bond acceptors (Lipinski definition) is 5. The lowest BCUT2D eigenvalue weighted by atomic mass is 9.82. The third-order valence-electron chi connectivity index (χ3n) is 6.72. The summed E-state index contributed by atoms with van der Waals surface area (Å²) in [6, 6.07) is 5.91. The molecule has 3 heterocycles. The van der Waals surface area contributed by atoms with E-state index in [1.165, 1.54) is 38.4 Å². The van der Waals surface area contributed by atoms with E-state index in [0.29, 0.717) is 29.0 Å². The van der Waals surface area contributed by atoms with Crippen LogP contribution in [0.2, 0.25) is 0 Å². The van der Waals surface area contributed by atoms with Gasteiger partial charge in [-0.1, -0.05) is 5.16 Å². The first-order valence-electron chi connectivity index (χ1n) is 11.1. The van der Waals surface area contributed by atoms with E-state index < -0.39 is 0 Å². The molecule has 2 saturated heterocycles. The zero-order valence-electron chi connectivity index (χ0n) is 17.9. The van der Waals surface area contributed by atoms with E-state index in [4.69, 9.17) is 4.52 Å². The Kier molecular flexibility index (Phi) is 6.18. The van der Waals surface area contributed by atoms with Crippen LogP contribution in [0.4, 0.5) is 10.1 Å². The fourth-order valence-electron chi connectivity index (χ4n) is 4.90. The van der Waals surface area contributed by atoms with Crippen molar-refractivity contribution in [3.63, 3.8) is 0 Å². The molecule has 5 nitrogen and oxygen atoms in total. The predicted molar refractivity (Wildman–Crippen MR) is 113 cm³/mol. The molecule has 2 aliphatic heterocycles. The molecule has 0 spiro atoms. The van der Waals surface area contributed by atoms with E-state index in [2.05, 4.69) is 33.8 Å². The summed E-state index contributed by atoms with van der Waals surface area (Å²) >= 11 is 0. The first kappa shape index (κ1) is 20.3. The minimum atomic E-state index is -0.210. The summed E-state index contributed by atoms with van der Waals surface area (Å²) in [7, 11) is 0.